The zero-order chi connectivity index (χ0) is 12.4. The molecule has 17 heavy (non-hydrogen) atoms. The molecular formula is C12H10FN3O. The molecule has 0 amide bonds. The molecule has 0 atom stereocenters. The van der Waals surface area contributed by atoms with Gasteiger partial charge in [0.05, 0.1) is 17.3 Å². The molecule has 0 bridgehead atoms. The number of nitriles is 1. The second kappa shape index (κ2) is 4.26. The lowest BCUT2D eigenvalue weighted by Gasteiger charge is -2.00. The lowest BCUT2D eigenvalue weighted by atomic mass is 10.1. The first-order chi connectivity index (χ1) is 8.13. The van der Waals surface area contributed by atoms with E-state index in [2.05, 4.69) is 5.10 Å². The number of aromatic amines is 1. The number of halogens is 1. The van der Waals surface area contributed by atoms with Crippen molar-refractivity contribution in [3.63, 3.8) is 0 Å². The molecule has 0 aliphatic heterocycles. The topological polar surface area (TPSA) is 61.6 Å². The zero-order valence-corrected chi connectivity index (χ0v) is 9.20. The first kappa shape index (κ1) is 11.1. The maximum absolute atomic E-state index is 13.2. The van der Waals surface area contributed by atoms with Crippen LogP contribution in [0.15, 0.2) is 29.1 Å². The molecule has 2 aromatic rings. The first-order valence-corrected chi connectivity index (χ1v) is 5.15. The van der Waals surface area contributed by atoms with E-state index < -0.39 is 5.82 Å². The quantitative estimate of drug-likeness (QED) is 0.857. The number of nitrogens with one attached hydrogen (secondary N) is 1. The Balaban J connectivity index is 2.56. The van der Waals surface area contributed by atoms with Crippen LogP contribution in [0.25, 0.3) is 11.3 Å². The summed E-state index contributed by atoms with van der Waals surface area (Å²) >= 11 is 0. The number of aromatic nitrogens is 2. The van der Waals surface area contributed by atoms with Gasteiger partial charge in [0, 0.05) is 18.2 Å². The van der Waals surface area contributed by atoms with Crippen molar-refractivity contribution in [3.8, 4) is 17.3 Å². The van der Waals surface area contributed by atoms with Crippen molar-refractivity contribution < 1.29 is 4.39 Å². The van der Waals surface area contributed by atoms with E-state index in [1.54, 1.807) is 0 Å². The highest BCUT2D eigenvalue weighted by molar-refractivity contribution is 5.61. The van der Waals surface area contributed by atoms with Gasteiger partial charge in [0.15, 0.2) is 0 Å². The number of aryl methyl sites for hydroxylation is 1. The van der Waals surface area contributed by atoms with Gasteiger partial charge in [0.2, 0.25) is 0 Å². The molecule has 0 aliphatic carbocycles. The molecule has 0 spiro atoms. The van der Waals surface area contributed by atoms with Crippen LogP contribution in [-0.4, -0.2) is 9.78 Å². The number of nitrogens with zero attached hydrogens (tertiary/aromatic N) is 2. The molecule has 0 fully saturated rings. The van der Waals surface area contributed by atoms with E-state index in [0.29, 0.717) is 17.8 Å². The van der Waals surface area contributed by atoms with Crippen LogP contribution < -0.4 is 5.56 Å². The first-order valence-electron chi connectivity index (χ1n) is 5.15. The highest BCUT2D eigenvalue weighted by atomic mass is 19.1. The van der Waals surface area contributed by atoms with Crippen LogP contribution in [0.5, 0.6) is 0 Å². The predicted molar refractivity (Wildman–Crippen MR) is 60.8 cm³/mol. The van der Waals surface area contributed by atoms with Crippen LogP contribution >= 0.6 is 0 Å². The monoisotopic (exact) mass is 231 g/mol. The third-order valence-electron chi connectivity index (χ3n) is 2.44. The molecule has 4 nitrogen and oxygen atoms in total. The van der Waals surface area contributed by atoms with Gasteiger partial charge in [-0.25, -0.2) is 4.39 Å². The van der Waals surface area contributed by atoms with Gasteiger partial charge in [0.1, 0.15) is 5.82 Å². The maximum Gasteiger partial charge on any atom is 0.267 e. The van der Waals surface area contributed by atoms with Crippen molar-refractivity contribution in [2.24, 2.45) is 0 Å². The maximum atomic E-state index is 13.2. The van der Waals surface area contributed by atoms with Crippen LogP contribution in [0.4, 0.5) is 4.39 Å². The minimum atomic E-state index is -0.496. The molecule has 1 aromatic heterocycles. The van der Waals surface area contributed by atoms with Gasteiger partial charge in [0.25, 0.3) is 5.56 Å². The van der Waals surface area contributed by atoms with Gasteiger partial charge in [-0.2, -0.15) is 5.26 Å². The van der Waals surface area contributed by atoms with Crippen molar-refractivity contribution in [2.45, 2.75) is 13.5 Å². The summed E-state index contributed by atoms with van der Waals surface area (Å²) in [6.07, 6.45) is 0. The van der Waals surface area contributed by atoms with Crippen molar-refractivity contribution in [3.05, 3.63) is 46.0 Å². The van der Waals surface area contributed by atoms with E-state index >= 15 is 0 Å². The van der Waals surface area contributed by atoms with Crippen LogP contribution in [0.2, 0.25) is 0 Å². The molecule has 1 heterocycles. The van der Waals surface area contributed by atoms with Gasteiger partial charge in [-0.05, 0) is 25.1 Å². The molecule has 0 saturated carbocycles. The largest absolute Gasteiger partial charge is 0.295 e. The molecule has 0 saturated heterocycles. The number of benzene rings is 1. The lowest BCUT2D eigenvalue weighted by molar-refractivity contribution is 0.626. The Morgan fingerprint density at radius 1 is 1.41 bits per heavy atom. The molecule has 86 valence electrons. The summed E-state index contributed by atoms with van der Waals surface area (Å²) in [4.78, 5) is 11.5. The summed E-state index contributed by atoms with van der Waals surface area (Å²) in [6.45, 7) is 2.34. The summed E-state index contributed by atoms with van der Waals surface area (Å²) in [5.74, 6) is -0.496. The second-order valence-corrected chi connectivity index (χ2v) is 3.59. The van der Waals surface area contributed by atoms with E-state index in [0.717, 1.165) is 6.07 Å². The van der Waals surface area contributed by atoms with Crippen LogP contribution in [0, 0.1) is 17.1 Å². The summed E-state index contributed by atoms with van der Waals surface area (Å²) in [7, 11) is 0. The minimum Gasteiger partial charge on any atom is -0.295 e. The zero-order valence-electron chi connectivity index (χ0n) is 9.20. The lowest BCUT2D eigenvalue weighted by Crippen LogP contribution is -2.13. The molecule has 1 aromatic carbocycles. The molecule has 0 unspecified atom stereocenters. The van der Waals surface area contributed by atoms with Gasteiger partial charge < -0.3 is 0 Å². The smallest absolute Gasteiger partial charge is 0.267 e. The number of H-pyrrole nitrogens is 1. The number of rotatable bonds is 2. The predicted octanol–water partition coefficient (Wildman–Crippen LogP) is 1.87. The van der Waals surface area contributed by atoms with Crippen molar-refractivity contribution >= 4 is 0 Å². The summed E-state index contributed by atoms with van der Waals surface area (Å²) in [5.41, 5.74) is 1.05. The van der Waals surface area contributed by atoms with Crippen LogP contribution in [0.3, 0.4) is 0 Å². The fourth-order valence-corrected chi connectivity index (χ4v) is 1.63. The Morgan fingerprint density at radius 3 is 2.76 bits per heavy atom. The van der Waals surface area contributed by atoms with E-state index in [1.807, 2.05) is 13.0 Å². The van der Waals surface area contributed by atoms with Gasteiger partial charge >= 0.3 is 0 Å². The van der Waals surface area contributed by atoms with E-state index in [4.69, 9.17) is 5.26 Å². The molecule has 0 aliphatic rings. The fourth-order valence-electron chi connectivity index (χ4n) is 1.63. The standard InChI is InChI=1S/C12H10FN3O/c1-2-16-12(17)6-11(15-16)9-3-8(7-14)4-10(13)5-9/h3-6,15H,2H2,1H3. The van der Waals surface area contributed by atoms with Crippen molar-refractivity contribution in [1.29, 1.82) is 5.26 Å². The van der Waals surface area contributed by atoms with Gasteiger partial charge in [-0.15, -0.1) is 0 Å². The van der Waals surface area contributed by atoms with Crippen molar-refractivity contribution in [2.75, 3.05) is 0 Å². The molecular weight excluding hydrogens is 221 g/mol. The molecule has 0 radical (unpaired) electrons. The fraction of sp³-hybridized carbons (Fsp3) is 0.167. The summed E-state index contributed by atoms with van der Waals surface area (Å²) in [5, 5.41) is 11.6. The second-order valence-electron chi connectivity index (χ2n) is 3.59. The number of hydrogen-bond donors (Lipinski definition) is 1. The Hall–Kier alpha value is -2.35. The molecule has 1 N–H and O–H groups in total. The average molecular weight is 231 g/mol. The van der Waals surface area contributed by atoms with Crippen molar-refractivity contribution in [1.82, 2.24) is 9.78 Å². The Morgan fingerprint density at radius 2 is 2.18 bits per heavy atom. The highest BCUT2D eigenvalue weighted by Crippen LogP contribution is 2.18. The molecule has 2 rings (SSSR count). The van der Waals surface area contributed by atoms with E-state index in [1.165, 1.54) is 22.9 Å². The highest BCUT2D eigenvalue weighted by Gasteiger charge is 2.07. The third kappa shape index (κ3) is 2.11. The SMILES string of the molecule is CCn1[nH]c(-c2cc(F)cc(C#N)c2)cc1=O. The Bertz CT molecular complexity index is 649. The van der Waals surface area contributed by atoms with Gasteiger partial charge in [-0.1, -0.05) is 0 Å². The Labute approximate surface area is 96.9 Å². The normalized spacial score (nSPS) is 10.2. The van der Waals surface area contributed by atoms with E-state index in [-0.39, 0.29) is 11.1 Å². The Kier molecular flexibility index (Phi) is 2.79. The van der Waals surface area contributed by atoms with Gasteiger partial charge in [-0.3, -0.25) is 14.6 Å². The minimum absolute atomic E-state index is 0.176. The average Bonchev–Trinajstić information content (AvgIpc) is 2.69. The molecule has 5 heteroatoms. The van der Waals surface area contributed by atoms with Crippen LogP contribution in [-0.2, 0) is 6.54 Å². The summed E-state index contributed by atoms with van der Waals surface area (Å²) in [6, 6.07) is 7.23. The summed E-state index contributed by atoms with van der Waals surface area (Å²) < 4.78 is 14.6. The number of hydrogen-bond acceptors (Lipinski definition) is 2. The van der Waals surface area contributed by atoms with Crippen LogP contribution in [0.1, 0.15) is 12.5 Å². The third-order valence-corrected chi connectivity index (χ3v) is 2.44. The van der Waals surface area contributed by atoms with E-state index in [9.17, 15) is 9.18 Å².